The summed E-state index contributed by atoms with van der Waals surface area (Å²) in [5, 5.41) is 3.34. The first-order valence-electron chi connectivity index (χ1n) is 11.2. The van der Waals surface area contributed by atoms with Crippen LogP contribution in [0.5, 0.6) is 0 Å². The zero-order valence-corrected chi connectivity index (χ0v) is 20.5. The second-order valence-electron chi connectivity index (χ2n) is 8.35. The Bertz CT molecular complexity index is 1070. The van der Waals surface area contributed by atoms with Crippen molar-refractivity contribution in [1.82, 2.24) is 19.4 Å². The highest BCUT2D eigenvalue weighted by Gasteiger charge is 2.37. The molecule has 1 fully saturated rings. The Labute approximate surface area is 194 Å². The van der Waals surface area contributed by atoms with Gasteiger partial charge in [0.15, 0.2) is 0 Å². The summed E-state index contributed by atoms with van der Waals surface area (Å²) in [6, 6.07) is 1.73. The zero-order valence-electron chi connectivity index (χ0n) is 20.5. The van der Waals surface area contributed by atoms with Gasteiger partial charge in [-0.05, 0) is 31.9 Å². The molecule has 33 heavy (non-hydrogen) atoms. The van der Waals surface area contributed by atoms with Crippen LogP contribution in [0.4, 0.5) is 16.3 Å². The second kappa shape index (κ2) is 10.2. The van der Waals surface area contributed by atoms with E-state index < -0.39 is 6.09 Å². The predicted molar refractivity (Wildman–Crippen MR) is 128 cm³/mol. The van der Waals surface area contributed by atoms with Crippen LogP contribution in [-0.2, 0) is 22.9 Å². The highest BCUT2D eigenvalue weighted by atomic mass is 16.5. The Morgan fingerprint density at radius 1 is 1.30 bits per heavy atom. The number of carbonyl (C=O) groups is 1. The van der Waals surface area contributed by atoms with E-state index >= 15 is 0 Å². The van der Waals surface area contributed by atoms with Gasteiger partial charge in [0.1, 0.15) is 17.3 Å². The fraction of sp³-hybridized carbons (Fsp3) is 0.565. The number of aryl methyl sites for hydroxylation is 2. The predicted octanol–water partition coefficient (Wildman–Crippen LogP) is 2.05. The smallest absolute Gasteiger partial charge is 0.409 e. The fourth-order valence-corrected chi connectivity index (χ4v) is 4.07. The van der Waals surface area contributed by atoms with Gasteiger partial charge in [0.05, 0.1) is 31.5 Å². The van der Waals surface area contributed by atoms with Gasteiger partial charge < -0.3 is 24.6 Å². The van der Waals surface area contributed by atoms with E-state index in [9.17, 15) is 9.59 Å². The minimum absolute atomic E-state index is 0.181. The lowest BCUT2D eigenvalue weighted by Gasteiger charge is -2.23. The molecule has 3 rings (SSSR count). The number of nitrogens with zero attached hydrogens (tertiary/aromatic N) is 5. The molecule has 0 bridgehead atoms. The largest absolute Gasteiger partial charge is 0.453 e. The van der Waals surface area contributed by atoms with E-state index in [0.29, 0.717) is 43.3 Å². The van der Waals surface area contributed by atoms with Gasteiger partial charge in [0.25, 0.3) is 5.56 Å². The molecule has 0 spiro atoms. The lowest BCUT2D eigenvalue weighted by Crippen LogP contribution is -2.38. The van der Waals surface area contributed by atoms with E-state index in [1.54, 1.807) is 22.7 Å². The Hall–Kier alpha value is -3.14. The van der Waals surface area contributed by atoms with Crippen LogP contribution in [0.25, 0.3) is 11.4 Å². The average Bonchev–Trinajstić information content (AvgIpc) is 3.19. The summed E-state index contributed by atoms with van der Waals surface area (Å²) in [7, 11) is 6.94. The molecule has 2 atom stereocenters. The van der Waals surface area contributed by atoms with Crippen molar-refractivity contribution in [2.45, 2.75) is 39.3 Å². The Morgan fingerprint density at radius 2 is 2.03 bits per heavy atom. The van der Waals surface area contributed by atoms with Crippen molar-refractivity contribution in [1.29, 1.82) is 0 Å². The number of pyridine rings is 1. The van der Waals surface area contributed by atoms with Crippen molar-refractivity contribution in [3.8, 4) is 11.4 Å². The third kappa shape index (κ3) is 4.95. The molecule has 180 valence electrons. The number of amides is 1. The topological polar surface area (TPSA) is 102 Å². The highest BCUT2D eigenvalue weighted by molar-refractivity contribution is 5.68. The number of nitrogens with one attached hydrogen (secondary N) is 1. The van der Waals surface area contributed by atoms with E-state index in [4.69, 9.17) is 14.5 Å². The Balaban J connectivity index is 1.99. The number of hydrogen-bond acceptors (Lipinski definition) is 8. The SMILES string of the molecule is CCO[C@H]1CN(C(=O)OC)CC1Nc1c(CC)nc(-c2cnc(N(C)C)cc2C)n(C)c1=O. The van der Waals surface area contributed by atoms with E-state index in [1.165, 1.54) is 7.11 Å². The maximum Gasteiger partial charge on any atom is 0.409 e. The van der Waals surface area contributed by atoms with Crippen molar-refractivity contribution in [3.05, 3.63) is 33.9 Å². The molecule has 1 aliphatic heterocycles. The van der Waals surface area contributed by atoms with Crippen LogP contribution in [0.15, 0.2) is 17.1 Å². The van der Waals surface area contributed by atoms with Crippen LogP contribution < -0.4 is 15.8 Å². The van der Waals surface area contributed by atoms with Gasteiger partial charge in [0.2, 0.25) is 0 Å². The van der Waals surface area contributed by atoms with Gasteiger partial charge >= 0.3 is 6.09 Å². The van der Waals surface area contributed by atoms with E-state index in [-0.39, 0.29) is 17.7 Å². The van der Waals surface area contributed by atoms with Crippen molar-refractivity contribution >= 4 is 17.6 Å². The molecule has 2 aromatic heterocycles. The second-order valence-corrected chi connectivity index (χ2v) is 8.35. The molecule has 0 saturated carbocycles. The summed E-state index contributed by atoms with van der Waals surface area (Å²) in [6.07, 6.45) is 1.66. The first-order valence-corrected chi connectivity index (χ1v) is 11.2. The summed E-state index contributed by atoms with van der Waals surface area (Å²) in [4.78, 5) is 38.3. The van der Waals surface area contributed by atoms with E-state index in [0.717, 1.165) is 16.9 Å². The Kier molecular flexibility index (Phi) is 7.57. The summed E-state index contributed by atoms with van der Waals surface area (Å²) >= 11 is 0. The number of methoxy groups -OCH3 is 1. The first-order chi connectivity index (χ1) is 15.7. The van der Waals surface area contributed by atoms with Gasteiger partial charge in [-0.3, -0.25) is 9.36 Å². The molecule has 0 aliphatic carbocycles. The number of carbonyl (C=O) groups excluding carboxylic acids is 1. The van der Waals surface area contributed by atoms with Gasteiger partial charge in [-0.15, -0.1) is 0 Å². The third-order valence-electron chi connectivity index (χ3n) is 5.91. The van der Waals surface area contributed by atoms with Gasteiger partial charge in [-0.2, -0.15) is 0 Å². The van der Waals surface area contributed by atoms with Crippen molar-refractivity contribution in [3.63, 3.8) is 0 Å². The van der Waals surface area contributed by atoms with Crippen LogP contribution in [0.1, 0.15) is 25.1 Å². The Morgan fingerprint density at radius 3 is 2.61 bits per heavy atom. The van der Waals surface area contributed by atoms with E-state index in [1.807, 2.05) is 45.8 Å². The molecule has 1 N–H and O–H groups in total. The summed E-state index contributed by atoms with van der Waals surface area (Å²) in [5.41, 5.74) is 2.71. The number of rotatable bonds is 7. The lowest BCUT2D eigenvalue weighted by molar-refractivity contribution is 0.0614. The zero-order chi connectivity index (χ0) is 24.3. The monoisotopic (exact) mass is 458 g/mol. The van der Waals surface area contributed by atoms with Crippen molar-refractivity contribution in [2.24, 2.45) is 7.05 Å². The number of ether oxygens (including phenoxy) is 2. The number of anilines is 2. The molecule has 1 aliphatic rings. The maximum absolute atomic E-state index is 13.4. The molecule has 10 nitrogen and oxygen atoms in total. The molecule has 2 aromatic rings. The highest BCUT2D eigenvalue weighted by Crippen LogP contribution is 2.25. The number of aromatic nitrogens is 3. The van der Waals surface area contributed by atoms with Crippen molar-refractivity contribution in [2.75, 3.05) is 51.1 Å². The summed E-state index contributed by atoms with van der Waals surface area (Å²) in [6.45, 7) is 7.13. The first kappa shape index (κ1) is 24.5. The van der Waals surface area contributed by atoms with Crippen LogP contribution in [0, 0.1) is 6.92 Å². The minimum atomic E-state index is -0.412. The average molecular weight is 459 g/mol. The van der Waals surface area contributed by atoms with Crippen LogP contribution in [0.3, 0.4) is 0 Å². The van der Waals surface area contributed by atoms with Gasteiger partial charge in [0, 0.05) is 46.1 Å². The van der Waals surface area contributed by atoms with E-state index in [2.05, 4.69) is 10.3 Å². The van der Waals surface area contributed by atoms with Gasteiger partial charge in [-0.25, -0.2) is 14.8 Å². The maximum atomic E-state index is 13.4. The molecule has 0 radical (unpaired) electrons. The summed E-state index contributed by atoms with van der Waals surface area (Å²) < 4.78 is 12.2. The number of hydrogen-bond donors (Lipinski definition) is 1. The summed E-state index contributed by atoms with van der Waals surface area (Å²) in [5.74, 6) is 1.41. The quantitative estimate of drug-likeness (QED) is 0.673. The minimum Gasteiger partial charge on any atom is -0.453 e. The van der Waals surface area contributed by atoms with Crippen LogP contribution in [-0.4, -0.2) is 78.6 Å². The van der Waals surface area contributed by atoms with Gasteiger partial charge in [-0.1, -0.05) is 6.92 Å². The lowest BCUT2D eigenvalue weighted by atomic mass is 10.1. The molecule has 1 amide bonds. The molecular formula is C23H34N6O4. The fourth-order valence-electron chi connectivity index (χ4n) is 4.07. The van der Waals surface area contributed by atoms with Crippen LogP contribution in [0.2, 0.25) is 0 Å². The normalized spacial score (nSPS) is 17.8. The van der Waals surface area contributed by atoms with Crippen LogP contribution >= 0.6 is 0 Å². The third-order valence-corrected chi connectivity index (χ3v) is 5.91. The molecular weight excluding hydrogens is 424 g/mol. The molecule has 1 saturated heterocycles. The molecule has 3 heterocycles. The van der Waals surface area contributed by atoms with Crippen molar-refractivity contribution < 1.29 is 14.3 Å². The molecule has 10 heteroatoms. The number of likely N-dealkylation sites (tertiary alicyclic amines) is 1. The standard InChI is InChI=1S/C23H34N6O4/c1-8-16-20(25-17-12-29(23(31)32-7)13-18(17)33-9-2)22(30)28(6)21(26-16)15-11-24-19(27(4)5)10-14(15)3/h10-11,17-18,25H,8-9,12-13H2,1-7H3/t17?,18-/m0/s1. The molecule has 1 unspecified atom stereocenters. The molecule has 0 aromatic carbocycles.